The van der Waals surface area contributed by atoms with E-state index in [0.29, 0.717) is 62.7 Å². The summed E-state index contributed by atoms with van der Waals surface area (Å²) in [5.41, 5.74) is 0.617. The molecule has 47 heavy (non-hydrogen) atoms. The largest absolute Gasteiger partial charge is 0.463 e. The van der Waals surface area contributed by atoms with Crippen LogP contribution in [0.5, 0.6) is 6.01 Å². The zero-order chi connectivity index (χ0) is 33.1. The number of carbonyl (C=O) groups excluding carboxylic acids is 1. The van der Waals surface area contributed by atoms with Crippen molar-refractivity contribution >= 4 is 29.0 Å². The van der Waals surface area contributed by atoms with E-state index in [4.69, 9.17) is 32.9 Å². The number of anilines is 2. The van der Waals surface area contributed by atoms with Crippen LogP contribution < -0.4 is 14.5 Å². The molecule has 1 aromatic heterocycles. The number of halogens is 4. The molecule has 2 aromatic rings. The van der Waals surface area contributed by atoms with Gasteiger partial charge in [-0.2, -0.15) is 23.1 Å². The number of carbonyl (C=O) groups is 1. The second kappa shape index (κ2) is 14.3. The molecule has 1 aromatic carbocycles. The van der Waals surface area contributed by atoms with Crippen LogP contribution in [0.3, 0.4) is 0 Å². The van der Waals surface area contributed by atoms with Crippen LogP contribution in [0.4, 0.5) is 24.7 Å². The summed E-state index contributed by atoms with van der Waals surface area (Å²) in [7, 11) is 0. The summed E-state index contributed by atoms with van der Waals surface area (Å²) in [6.07, 6.45) is 4.09. The molecule has 13 heteroatoms. The Labute approximate surface area is 279 Å². The zero-order valence-corrected chi connectivity index (χ0v) is 27.3. The lowest BCUT2D eigenvalue weighted by Gasteiger charge is -2.41. The van der Waals surface area contributed by atoms with Crippen molar-refractivity contribution in [2.24, 2.45) is 5.92 Å². The molecule has 9 nitrogen and oxygen atoms in total. The molecule has 4 heterocycles. The standard InChI is InChI=1S/C34H41ClF3N7O2/c1-3-30(46)45-18-17-44(20-24(45)19-39-2)32-25-13-16-43(29-12-8-10-26(35)31(29)34(36,37)38)21-27(25)40-33(41-32)47-22-23-9-4-5-11-28(23)42-14-6-7-15-42/h3,8,10,12,23-24,28H,1,4-7,9,11,13-22H2/t23?,24-,28?/m0/s1. The summed E-state index contributed by atoms with van der Waals surface area (Å²) in [6, 6.07) is 4.56. The average molecular weight is 672 g/mol. The van der Waals surface area contributed by atoms with Gasteiger partial charge in [0, 0.05) is 43.7 Å². The van der Waals surface area contributed by atoms with Gasteiger partial charge in [0.2, 0.25) is 12.5 Å². The highest BCUT2D eigenvalue weighted by Gasteiger charge is 2.40. The van der Waals surface area contributed by atoms with Crippen molar-refractivity contribution in [1.82, 2.24) is 19.8 Å². The molecule has 3 fully saturated rings. The second-order valence-corrected chi connectivity index (χ2v) is 13.3. The van der Waals surface area contributed by atoms with Crippen molar-refractivity contribution in [3.63, 3.8) is 0 Å². The highest BCUT2D eigenvalue weighted by atomic mass is 35.5. The van der Waals surface area contributed by atoms with Crippen LogP contribution >= 0.6 is 11.6 Å². The van der Waals surface area contributed by atoms with E-state index in [0.717, 1.165) is 37.9 Å². The number of amides is 1. The van der Waals surface area contributed by atoms with E-state index in [-0.39, 0.29) is 41.8 Å². The third-order valence-electron chi connectivity index (χ3n) is 10.1. The second-order valence-electron chi connectivity index (χ2n) is 12.9. The van der Waals surface area contributed by atoms with Crippen molar-refractivity contribution in [2.75, 3.05) is 62.2 Å². The Bertz CT molecular complexity index is 1510. The predicted octanol–water partition coefficient (Wildman–Crippen LogP) is 5.87. The molecule has 1 aliphatic carbocycles. The number of benzene rings is 1. The zero-order valence-electron chi connectivity index (χ0n) is 26.5. The number of nitrogens with zero attached hydrogens (tertiary/aromatic N) is 7. The van der Waals surface area contributed by atoms with E-state index in [1.54, 1.807) is 9.80 Å². The summed E-state index contributed by atoms with van der Waals surface area (Å²) in [5.74, 6) is 0.788. The third kappa shape index (κ3) is 7.16. The molecular weight excluding hydrogens is 631 g/mol. The number of rotatable bonds is 8. The van der Waals surface area contributed by atoms with E-state index in [1.807, 2.05) is 0 Å². The number of piperazine rings is 1. The van der Waals surface area contributed by atoms with E-state index >= 15 is 0 Å². The van der Waals surface area contributed by atoms with Crippen molar-refractivity contribution in [3.8, 4) is 6.01 Å². The van der Waals surface area contributed by atoms with Gasteiger partial charge in [-0.05, 0) is 63.4 Å². The van der Waals surface area contributed by atoms with Gasteiger partial charge in [-0.3, -0.25) is 9.69 Å². The van der Waals surface area contributed by atoms with Gasteiger partial charge >= 0.3 is 12.2 Å². The summed E-state index contributed by atoms with van der Waals surface area (Å²) in [6.45, 7) is 15.7. The Morgan fingerprint density at radius 3 is 2.62 bits per heavy atom. The minimum atomic E-state index is -4.62. The number of likely N-dealkylation sites (tertiary alicyclic amines) is 1. The topological polar surface area (TPSA) is 69.4 Å². The van der Waals surface area contributed by atoms with Gasteiger partial charge in [0.05, 0.1) is 35.1 Å². The molecule has 0 spiro atoms. The molecule has 252 valence electrons. The molecular formula is C34H41ClF3N7O2. The van der Waals surface area contributed by atoms with E-state index in [2.05, 4.69) is 21.2 Å². The van der Waals surface area contributed by atoms with Gasteiger partial charge in [0.15, 0.2) is 0 Å². The first-order valence-corrected chi connectivity index (χ1v) is 16.9. The fourth-order valence-corrected chi connectivity index (χ4v) is 8.09. The molecule has 6 rings (SSSR count). The highest BCUT2D eigenvalue weighted by molar-refractivity contribution is 6.31. The fraction of sp³-hybridized carbons (Fsp3) is 0.588. The lowest BCUT2D eigenvalue weighted by molar-refractivity contribution is -0.137. The summed E-state index contributed by atoms with van der Waals surface area (Å²) >= 11 is 6.09. The van der Waals surface area contributed by atoms with Crippen molar-refractivity contribution in [1.29, 1.82) is 0 Å². The molecule has 2 unspecified atom stereocenters. The fourth-order valence-electron chi connectivity index (χ4n) is 7.81. The van der Waals surface area contributed by atoms with Crippen LogP contribution in [0.25, 0.3) is 4.85 Å². The van der Waals surface area contributed by atoms with Crippen LogP contribution in [-0.2, 0) is 23.9 Å². The first kappa shape index (κ1) is 33.3. The Balaban J connectivity index is 1.32. The first-order chi connectivity index (χ1) is 22.7. The molecule has 0 bridgehead atoms. The maximum atomic E-state index is 14.1. The average Bonchev–Trinajstić information content (AvgIpc) is 3.61. The first-order valence-electron chi connectivity index (χ1n) is 16.6. The molecule has 1 saturated carbocycles. The van der Waals surface area contributed by atoms with Crippen molar-refractivity contribution in [2.45, 2.75) is 69.8 Å². The minimum absolute atomic E-state index is 0.0163. The number of hydrogen-bond acceptors (Lipinski definition) is 7. The van der Waals surface area contributed by atoms with E-state index in [9.17, 15) is 18.0 Å². The van der Waals surface area contributed by atoms with E-state index < -0.39 is 11.7 Å². The SMILES string of the molecule is [C-]#[N+]C[C@H]1CN(c2nc(OCC3CCCCC3N3CCCC3)nc3c2CCN(c2cccc(Cl)c2C(F)(F)F)C3)CCN1C(=O)C=C. The van der Waals surface area contributed by atoms with Gasteiger partial charge in [-0.15, -0.1) is 0 Å². The quantitative estimate of drug-likeness (QED) is 0.257. The molecule has 4 aliphatic rings. The molecule has 2 saturated heterocycles. The number of ether oxygens (including phenoxy) is 1. The summed E-state index contributed by atoms with van der Waals surface area (Å²) in [4.78, 5) is 33.9. The molecule has 0 radical (unpaired) electrons. The third-order valence-corrected chi connectivity index (χ3v) is 10.4. The van der Waals surface area contributed by atoms with Gasteiger partial charge in [0.1, 0.15) is 11.9 Å². The number of fused-ring (bicyclic) bond motifs is 1. The van der Waals surface area contributed by atoms with Crippen LogP contribution in [-0.4, -0.2) is 90.2 Å². The van der Waals surface area contributed by atoms with Crippen LogP contribution in [0.15, 0.2) is 30.9 Å². The Morgan fingerprint density at radius 2 is 1.87 bits per heavy atom. The molecule has 3 atom stereocenters. The molecule has 3 aliphatic heterocycles. The Kier molecular flexibility index (Phi) is 10.1. The molecule has 1 amide bonds. The van der Waals surface area contributed by atoms with E-state index in [1.165, 1.54) is 43.5 Å². The maximum absolute atomic E-state index is 14.1. The minimum Gasteiger partial charge on any atom is -0.463 e. The van der Waals surface area contributed by atoms with Crippen molar-refractivity contribution < 1.29 is 22.7 Å². The molecule has 0 N–H and O–H groups in total. The number of hydrogen-bond donors (Lipinski definition) is 0. The lowest BCUT2D eigenvalue weighted by atomic mass is 9.84. The monoisotopic (exact) mass is 671 g/mol. The highest BCUT2D eigenvalue weighted by Crippen LogP contribution is 2.43. The smallest absolute Gasteiger partial charge is 0.419 e. The van der Waals surface area contributed by atoms with Crippen LogP contribution in [0.1, 0.15) is 55.3 Å². The van der Waals surface area contributed by atoms with Gasteiger partial charge in [-0.25, -0.2) is 6.57 Å². The van der Waals surface area contributed by atoms with Crippen LogP contribution in [0, 0.1) is 12.5 Å². The normalized spacial score (nSPS) is 23.7. The maximum Gasteiger partial charge on any atom is 0.419 e. The van der Waals surface area contributed by atoms with Crippen molar-refractivity contribution in [3.05, 3.63) is 64.1 Å². The lowest BCUT2D eigenvalue weighted by Crippen LogP contribution is -2.56. The van der Waals surface area contributed by atoms with Gasteiger partial charge < -0.3 is 24.3 Å². The number of aromatic nitrogens is 2. The predicted molar refractivity (Wildman–Crippen MR) is 175 cm³/mol. The summed E-state index contributed by atoms with van der Waals surface area (Å²) < 4.78 is 48.8. The van der Waals surface area contributed by atoms with Crippen LogP contribution in [0.2, 0.25) is 5.02 Å². The Hall–Kier alpha value is -3.56. The Morgan fingerprint density at radius 1 is 1.09 bits per heavy atom. The summed E-state index contributed by atoms with van der Waals surface area (Å²) in [5, 5.41) is -0.342. The van der Waals surface area contributed by atoms with Gasteiger partial charge in [0.25, 0.3) is 0 Å². The number of alkyl halides is 3. The van der Waals surface area contributed by atoms with Gasteiger partial charge in [-0.1, -0.05) is 37.1 Å².